The van der Waals surface area contributed by atoms with Gasteiger partial charge in [0.2, 0.25) is 10.0 Å². The van der Waals surface area contributed by atoms with Gasteiger partial charge in [0.05, 0.1) is 0 Å². The number of halogens is 1. The number of aryl methyl sites for hydroxylation is 1. The van der Waals surface area contributed by atoms with Gasteiger partial charge in [-0.25, -0.2) is 17.5 Å². The molecule has 0 saturated heterocycles. The molecule has 0 aliphatic carbocycles. The summed E-state index contributed by atoms with van der Waals surface area (Å²) < 4.78 is 39.3. The number of nitrogens with one attached hydrogen (secondary N) is 2. The molecule has 0 aliphatic rings. The van der Waals surface area contributed by atoms with E-state index in [1.165, 1.54) is 12.1 Å². The molecule has 2 N–H and O–H groups in total. The van der Waals surface area contributed by atoms with Gasteiger partial charge in [-0.05, 0) is 31.2 Å². The first-order chi connectivity index (χ1) is 7.97. The second-order valence-corrected chi connectivity index (χ2v) is 5.42. The minimum Gasteiger partial charge on any atom is -0.316 e. The van der Waals surface area contributed by atoms with Gasteiger partial charge in [0.25, 0.3) is 0 Å². The van der Waals surface area contributed by atoms with Gasteiger partial charge in [-0.2, -0.15) is 0 Å². The Morgan fingerprint density at radius 3 is 2.59 bits per heavy atom. The minimum absolute atomic E-state index is 0.240. The minimum atomic E-state index is -3.75. The van der Waals surface area contributed by atoms with E-state index in [0.717, 1.165) is 6.54 Å². The van der Waals surface area contributed by atoms with E-state index in [1.54, 1.807) is 13.0 Å². The van der Waals surface area contributed by atoms with Gasteiger partial charge in [-0.3, -0.25) is 0 Å². The number of rotatable bonds is 6. The van der Waals surface area contributed by atoms with Gasteiger partial charge in [-0.15, -0.1) is 0 Å². The van der Waals surface area contributed by atoms with Crippen LogP contribution in [-0.4, -0.2) is 28.1 Å². The van der Waals surface area contributed by atoms with Gasteiger partial charge >= 0.3 is 0 Å². The smallest absolute Gasteiger partial charge is 0.243 e. The zero-order valence-corrected chi connectivity index (χ0v) is 10.8. The normalized spacial score (nSPS) is 11.7. The fourth-order valence-corrected chi connectivity index (χ4v) is 2.44. The zero-order chi connectivity index (χ0) is 12.9. The Morgan fingerprint density at radius 1 is 1.29 bits per heavy atom. The SMILES string of the molecule is CCNCCNS(=O)(=O)c1ccc(C)cc1F. The van der Waals surface area contributed by atoms with Gasteiger partial charge in [-0.1, -0.05) is 13.0 Å². The van der Waals surface area contributed by atoms with Crippen molar-refractivity contribution in [1.82, 2.24) is 10.0 Å². The fourth-order valence-electron chi connectivity index (χ4n) is 1.35. The molecular weight excluding hydrogens is 243 g/mol. The highest BCUT2D eigenvalue weighted by Gasteiger charge is 2.17. The third-order valence-electron chi connectivity index (χ3n) is 2.22. The predicted octanol–water partition coefficient (Wildman–Crippen LogP) is 1.02. The van der Waals surface area contributed by atoms with Gasteiger partial charge in [0, 0.05) is 13.1 Å². The summed E-state index contributed by atoms with van der Waals surface area (Å²) in [4.78, 5) is -0.306. The molecule has 17 heavy (non-hydrogen) atoms. The van der Waals surface area contributed by atoms with Crippen LogP contribution < -0.4 is 10.0 Å². The third-order valence-corrected chi connectivity index (χ3v) is 3.72. The van der Waals surface area contributed by atoms with E-state index < -0.39 is 15.8 Å². The number of sulfonamides is 1. The number of hydrogen-bond acceptors (Lipinski definition) is 3. The van der Waals surface area contributed by atoms with Gasteiger partial charge in [0.1, 0.15) is 10.7 Å². The van der Waals surface area contributed by atoms with Crippen molar-refractivity contribution in [2.45, 2.75) is 18.7 Å². The summed E-state index contributed by atoms with van der Waals surface area (Å²) in [5.41, 5.74) is 0.689. The molecule has 0 fully saturated rings. The van der Waals surface area contributed by atoms with E-state index in [0.29, 0.717) is 12.1 Å². The van der Waals surface area contributed by atoms with E-state index in [4.69, 9.17) is 0 Å². The van der Waals surface area contributed by atoms with E-state index in [2.05, 4.69) is 10.0 Å². The quantitative estimate of drug-likeness (QED) is 0.751. The zero-order valence-electron chi connectivity index (χ0n) is 9.96. The second kappa shape index (κ2) is 6.09. The van der Waals surface area contributed by atoms with E-state index >= 15 is 0 Å². The van der Waals surface area contributed by atoms with Gasteiger partial charge < -0.3 is 5.32 Å². The molecule has 0 atom stereocenters. The van der Waals surface area contributed by atoms with Crippen LogP contribution in [0.4, 0.5) is 4.39 Å². The number of likely N-dealkylation sites (N-methyl/N-ethyl adjacent to an activating group) is 1. The lowest BCUT2D eigenvalue weighted by atomic mass is 10.2. The van der Waals surface area contributed by atoms with Crippen molar-refractivity contribution >= 4 is 10.0 Å². The highest BCUT2D eigenvalue weighted by Crippen LogP contribution is 2.15. The molecule has 0 unspecified atom stereocenters. The molecule has 1 aromatic carbocycles. The lowest BCUT2D eigenvalue weighted by Crippen LogP contribution is -2.32. The standard InChI is InChI=1S/C11H17FN2O2S/c1-3-13-6-7-14-17(15,16)11-5-4-9(2)8-10(11)12/h4-5,8,13-14H,3,6-7H2,1-2H3. The number of hydrogen-bond donors (Lipinski definition) is 2. The van der Waals surface area contributed by atoms with Gasteiger partial charge in [0.15, 0.2) is 0 Å². The molecule has 0 radical (unpaired) electrons. The molecule has 0 spiro atoms. The van der Waals surface area contributed by atoms with E-state index in [9.17, 15) is 12.8 Å². The predicted molar refractivity (Wildman–Crippen MR) is 64.9 cm³/mol. The maximum Gasteiger partial charge on any atom is 0.243 e. The summed E-state index contributed by atoms with van der Waals surface area (Å²) in [6.07, 6.45) is 0. The Hall–Kier alpha value is -0.980. The summed E-state index contributed by atoms with van der Waals surface area (Å²) in [6, 6.07) is 4.06. The lowest BCUT2D eigenvalue weighted by molar-refractivity contribution is 0.554. The third kappa shape index (κ3) is 4.07. The monoisotopic (exact) mass is 260 g/mol. The summed E-state index contributed by atoms with van der Waals surface area (Å²) in [7, 11) is -3.75. The summed E-state index contributed by atoms with van der Waals surface area (Å²) in [6.45, 7) is 5.15. The van der Waals surface area contributed by atoms with Crippen LogP contribution in [0.2, 0.25) is 0 Å². The van der Waals surface area contributed by atoms with Crippen molar-refractivity contribution in [3.8, 4) is 0 Å². The summed E-state index contributed by atoms with van der Waals surface area (Å²) >= 11 is 0. The van der Waals surface area contributed by atoms with Crippen LogP contribution in [0.15, 0.2) is 23.1 Å². The van der Waals surface area contributed by atoms with Crippen LogP contribution >= 0.6 is 0 Å². The first-order valence-electron chi connectivity index (χ1n) is 5.44. The Morgan fingerprint density at radius 2 is 2.00 bits per heavy atom. The van der Waals surface area contributed by atoms with Crippen molar-refractivity contribution in [1.29, 1.82) is 0 Å². The van der Waals surface area contributed by atoms with Crippen molar-refractivity contribution in [2.75, 3.05) is 19.6 Å². The Bertz CT molecular complexity index is 474. The molecule has 0 amide bonds. The average molecular weight is 260 g/mol. The van der Waals surface area contributed by atoms with E-state index in [1.807, 2.05) is 6.92 Å². The largest absolute Gasteiger partial charge is 0.316 e. The van der Waals surface area contributed by atoms with Crippen LogP contribution in [0.5, 0.6) is 0 Å². The van der Waals surface area contributed by atoms with Crippen LogP contribution in [0.3, 0.4) is 0 Å². The molecule has 0 bridgehead atoms. The average Bonchev–Trinajstić information content (AvgIpc) is 2.24. The number of benzene rings is 1. The molecule has 0 aromatic heterocycles. The Balaban J connectivity index is 2.76. The van der Waals surface area contributed by atoms with Crippen LogP contribution in [0.1, 0.15) is 12.5 Å². The molecule has 1 rings (SSSR count). The molecule has 6 heteroatoms. The first kappa shape index (κ1) is 14.1. The van der Waals surface area contributed by atoms with Crippen LogP contribution in [0.25, 0.3) is 0 Å². The summed E-state index contributed by atoms with van der Waals surface area (Å²) in [5, 5.41) is 2.98. The highest BCUT2D eigenvalue weighted by atomic mass is 32.2. The fraction of sp³-hybridized carbons (Fsp3) is 0.455. The molecule has 1 aromatic rings. The topological polar surface area (TPSA) is 58.2 Å². The Kier molecular flexibility index (Phi) is 5.04. The van der Waals surface area contributed by atoms with Crippen LogP contribution in [0, 0.1) is 12.7 Å². The molecule has 0 saturated carbocycles. The van der Waals surface area contributed by atoms with E-state index in [-0.39, 0.29) is 11.4 Å². The van der Waals surface area contributed by atoms with Crippen LogP contribution in [-0.2, 0) is 10.0 Å². The molecular formula is C11H17FN2O2S. The first-order valence-corrected chi connectivity index (χ1v) is 6.92. The molecule has 0 heterocycles. The maximum absolute atomic E-state index is 13.5. The van der Waals surface area contributed by atoms with Crippen molar-refractivity contribution in [3.63, 3.8) is 0 Å². The Labute approximate surface area is 101 Å². The molecule has 0 aliphatic heterocycles. The second-order valence-electron chi connectivity index (χ2n) is 3.69. The maximum atomic E-state index is 13.5. The van der Waals surface area contributed by atoms with Crippen molar-refractivity contribution in [3.05, 3.63) is 29.6 Å². The lowest BCUT2D eigenvalue weighted by Gasteiger charge is -2.08. The molecule has 96 valence electrons. The van der Waals surface area contributed by atoms with Crippen molar-refractivity contribution in [2.24, 2.45) is 0 Å². The highest BCUT2D eigenvalue weighted by molar-refractivity contribution is 7.89. The summed E-state index contributed by atoms with van der Waals surface area (Å²) in [5.74, 6) is -0.721. The van der Waals surface area contributed by atoms with Crippen molar-refractivity contribution < 1.29 is 12.8 Å². The molecule has 4 nitrogen and oxygen atoms in total.